The van der Waals surface area contributed by atoms with Gasteiger partial charge in [0.25, 0.3) is 0 Å². The number of benzene rings is 1. The zero-order chi connectivity index (χ0) is 14.5. The quantitative estimate of drug-likeness (QED) is 0.767. The average Bonchev–Trinajstić information content (AvgIpc) is 2.76. The molecule has 1 aromatic heterocycles. The number of hydrogen-bond acceptors (Lipinski definition) is 2. The third-order valence-corrected chi connectivity index (χ3v) is 3.74. The molecule has 0 saturated carbocycles. The van der Waals surface area contributed by atoms with Gasteiger partial charge in [-0.1, -0.05) is 40.9 Å². The van der Waals surface area contributed by atoms with E-state index in [0.29, 0.717) is 21.9 Å². The number of H-pyrrole nitrogens is 1. The van der Waals surface area contributed by atoms with Crippen LogP contribution in [0.25, 0.3) is 0 Å². The monoisotopic (exact) mass is 359 g/mol. The van der Waals surface area contributed by atoms with Crippen molar-refractivity contribution in [2.75, 3.05) is 5.32 Å². The summed E-state index contributed by atoms with van der Waals surface area (Å²) in [4.78, 5) is 7.45. The number of nitrogens with zero attached hydrogens (tertiary/aromatic N) is 1. The normalized spacial score (nSPS) is 10.8. The maximum absolute atomic E-state index is 13.7. The van der Waals surface area contributed by atoms with Gasteiger partial charge in [0.15, 0.2) is 5.15 Å². The van der Waals surface area contributed by atoms with Gasteiger partial charge in [-0.2, -0.15) is 0 Å². The van der Waals surface area contributed by atoms with Crippen LogP contribution in [0.2, 0.25) is 5.15 Å². The van der Waals surface area contributed by atoms with E-state index in [0.717, 1.165) is 30.8 Å². The summed E-state index contributed by atoms with van der Waals surface area (Å²) in [5, 5.41) is 3.46. The molecule has 0 spiro atoms. The summed E-state index contributed by atoms with van der Waals surface area (Å²) >= 11 is 9.30. The fourth-order valence-corrected chi connectivity index (χ4v) is 2.39. The summed E-state index contributed by atoms with van der Waals surface area (Å²) in [7, 11) is 0. The number of nitrogens with one attached hydrogen (secondary N) is 2. The highest BCUT2D eigenvalue weighted by Crippen LogP contribution is 2.21. The van der Waals surface area contributed by atoms with Crippen LogP contribution in [0.15, 0.2) is 22.7 Å². The van der Waals surface area contributed by atoms with Crippen LogP contribution in [0.4, 0.5) is 10.1 Å². The molecule has 0 bridgehead atoms. The molecule has 1 heterocycles. The summed E-state index contributed by atoms with van der Waals surface area (Å²) in [6, 6.07) is 4.89. The number of halogens is 3. The molecule has 1 aromatic carbocycles. The fraction of sp³-hybridized carbons (Fsp3) is 0.357. The van der Waals surface area contributed by atoms with E-state index in [9.17, 15) is 4.39 Å². The Morgan fingerprint density at radius 3 is 2.95 bits per heavy atom. The highest BCUT2D eigenvalue weighted by atomic mass is 79.9. The molecule has 0 unspecified atom stereocenters. The molecular formula is C14H16BrClFN3. The standard InChI is InChI=1S/C14H16BrClFN3/c1-2-3-4-13-19-12(14(16)20-13)8-18-11-6-5-9(15)7-10(11)17/h5-7,18H,2-4,8H2,1H3,(H,19,20). The second-order valence-electron chi connectivity index (χ2n) is 4.53. The van der Waals surface area contributed by atoms with E-state index < -0.39 is 0 Å². The number of unbranched alkanes of at least 4 members (excludes halogenated alkanes) is 1. The second kappa shape index (κ2) is 7.09. The first-order valence-electron chi connectivity index (χ1n) is 6.52. The SMILES string of the molecule is CCCCc1nc(Cl)c(CNc2ccc(Br)cc2F)[nH]1. The molecule has 0 aliphatic carbocycles. The highest BCUT2D eigenvalue weighted by Gasteiger charge is 2.09. The van der Waals surface area contributed by atoms with Crippen LogP contribution in [-0.2, 0) is 13.0 Å². The predicted octanol–water partition coefficient (Wildman–Crippen LogP) is 4.92. The molecule has 2 aromatic rings. The highest BCUT2D eigenvalue weighted by molar-refractivity contribution is 9.10. The van der Waals surface area contributed by atoms with Crippen molar-refractivity contribution < 1.29 is 4.39 Å². The number of aryl methyl sites for hydroxylation is 1. The summed E-state index contributed by atoms with van der Waals surface area (Å²) in [6.07, 6.45) is 3.05. The molecule has 0 aliphatic rings. The summed E-state index contributed by atoms with van der Waals surface area (Å²) < 4.78 is 14.4. The largest absolute Gasteiger partial charge is 0.377 e. The first-order chi connectivity index (χ1) is 9.60. The zero-order valence-electron chi connectivity index (χ0n) is 11.1. The zero-order valence-corrected chi connectivity index (χ0v) is 13.5. The van der Waals surface area contributed by atoms with E-state index in [2.05, 4.69) is 38.1 Å². The van der Waals surface area contributed by atoms with Crippen molar-refractivity contribution in [3.63, 3.8) is 0 Å². The Balaban J connectivity index is 2.01. The van der Waals surface area contributed by atoms with E-state index in [1.807, 2.05) is 0 Å². The van der Waals surface area contributed by atoms with E-state index in [-0.39, 0.29) is 5.82 Å². The van der Waals surface area contributed by atoms with Crippen LogP contribution in [0.5, 0.6) is 0 Å². The van der Waals surface area contributed by atoms with Gasteiger partial charge in [0, 0.05) is 10.9 Å². The first kappa shape index (κ1) is 15.3. The van der Waals surface area contributed by atoms with Gasteiger partial charge in [-0.3, -0.25) is 0 Å². The third-order valence-electron chi connectivity index (χ3n) is 2.93. The van der Waals surface area contributed by atoms with E-state index in [1.54, 1.807) is 12.1 Å². The van der Waals surface area contributed by atoms with Crippen molar-refractivity contribution in [3.05, 3.63) is 45.2 Å². The maximum Gasteiger partial charge on any atom is 0.152 e. The van der Waals surface area contributed by atoms with Crippen LogP contribution in [0.1, 0.15) is 31.3 Å². The Bertz CT molecular complexity index is 586. The van der Waals surface area contributed by atoms with Gasteiger partial charge < -0.3 is 10.3 Å². The second-order valence-corrected chi connectivity index (χ2v) is 5.81. The minimum absolute atomic E-state index is 0.304. The molecule has 0 aliphatic heterocycles. The molecule has 0 amide bonds. The van der Waals surface area contributed by atoms with Crippen LogP contribution in [-0.4, -0.2) is 9.97 Å². The van der Waals surface area contributed by atoms with Gasteiger partial charge in [0.05, 0.1) is 17.9 Å². The summed E-state index contributed by atoms with van der Waals surface area (Å²) in [5.74, 6) is 0.575. The molecule has 0 fully saturated rings. The minimum atomic E-state index is -0.304. The molecule has 0 radical (unpaired) electrons. The van der Waals surface area contributed by atoms with Crippen LogP contribution < -0.4 is 5.32 Å². The van der Waals surface area contributed by atoms with Crippen molar-refractivity contribution in [2.24, 2.45) is 0 Å². The van der Waals surface area contributed by atoms with Gasteiger partial charge in [0.2, 0.25) is 0 Å². The smallest absolute Gasteiger partial charge is 0.152 e. The first-order valence-corrected chi connectivity index (χ1v) is 7.69. The van der Waals surface area contributed by atoms with E-state index in [1.165, 1.54) is 6.07 Å². The van der Waals surface area contributed by atoms with Gasteiger partial charge in [-0.25, -0.2) is 9.37 Å². The Hall–Kier alpha value is -1.07. The van der Waals surface area contributed by atoms with Crippen molar-refractivity contribution in [3.8, 4) is 0 Å². The van der Waals surface area contributed by atoms with E-state index >= 15 is 0 Å². The predicted molar refractivity (Wildman–Crippen MR) is 83.6 cm³/mol. The van der Waals surface area contributed by atoms with Crippen LogP contribution in [0.3, 0.4) is 0 Å². The summed E-state index contributed by atoms with van der Waals surface area (Å²) in [5.41, 5.74) is 1.22. The number of aromatic nitrogens is 2. The van der Waals surface area contributed by atoms with Crippen LogP contribution in [0, 0.1) is 5.82 Å². The van der Waals surface area contributed by atoms with Gasteiger partial charge in [0.1, 0.15) is 11.6 Å². The topological polar surface area (TPSA) is 40.7 Å². The molecule has 3 nitrogen and oxygen atoms in total. The third kappa shape index (κ3) is 3.96. The van der Waals surface area contributed by atoms with Gasteiger partial charge >= 0.3 is 0 Å². The number of imidazole rings is 1. The molecule has 6 heteroatoms. The minimum Gasteiger partial charge on any atom is -0.377 e. The maximum atomic E-state index is 13.7. The lowest BCUT2D eigenvalue weighted by Gasteiger charge is -2.06. The lowest BCUT2D eigenvalue weighted by molar-refractivity contribution is 0.629. The number of rotatable bonds is 6. The van der Waals surface area contributed by atoms with Crippen molar-refractivity contribution in [1.82, 2.24) is 9.97 Å². The Morgan fingerprint density at radius 1 is 1.45 bits per heavy atom. The summed E-state index contributed by atoms with van der Waals surface area (Å²) in [6.45, 7) is 2.54. The number of aromatic amines is 1. The molecule has 0 saturated heterocycles. The molecule has 2 rings (SSSR count). The molecule has 0 atom stereocenters. The van der Waals surface area contributed by atoms with Crippen LogP contribution >= 0.6 is 27.5 Å². The molecule has 108 valence electrons. The lowest BCUT2D eigenvalue weighted by Crippen LogP contribution is -2.02. The molecule has 20 heavy (non-hydrogen) atoms. The molecule has 2 N–H and O–H groups in total. The Morgan fingerprint density at radius 2 is 2.25 bits per heavy atom. The van der Waals surface area contributed by atoms with Gasteiger partial charge in [-0.05, 0) is 24.6 Å². The Kier molecular flexibility index (Phi) is 5.43. The van der Waals surface area contributed by atoms with Crippen molar-refractivity contribution in [1.29, 1.82) is 0 Å². The van der Waals surface area contributed by atoms with Gasteiger partial charge in [-0.15, -0.1) is 0 Å². The number of hydrogen-bond donors (Lipinski definition) is 2. The average molecular weight is 361 g/mol. The lowest BCUT2D eigenvalue weighted by atomic mass is 10.2. The van der Waals surface area contributed by atoms with E-state index in [4.69, 9.17) is 11.6 Å². The molecular weight excluding hydrogens is 345 g/mol. The van der Waals surface area contributed by atoms with Crippen molar-refractivity contribution >= 4 is 33.2 Å². The number of anilines is 1. The Labute approximate surface area is 131 Å². The fourth-order valence-electron chi connectivity index (χ4n) is 1.84. The van der Waals surface area contributed by atoms with Crippen molar-refractivity contribution in [2.45, 2.75) is 32.7 Å².